The van der Waals surface area contributed by atoms with Gasteiger partial charge in [-0.2, -0.15) is 0 Å². The van der Waals surface area contributed by atoms with E-state index in [1.807, 2.05) is 68.4 Å². The lowest BCUT2D eigenvalue weighted by molar-refractivity contribution is -0.129. The third kappa shape index (κ3) is 5.82. The van der Waals surface area contributed by atoms with Gasteiger partial charge in [0, 0.05) is 23.0 Å². The molecule has 0 radical (unpaired) electrons. The third-order valence-corrected chi connectivity index (χ3v) is 4.10. The summed E-state index contributed by atoms with van der Waals surface area (Å²) in [7, 11) is 0. The molecule has 0 fully saturated rings. The highest BCUT2D eigenvalue weighted by Crippen LogP contribution is 2.24. The van der Waals surface area contributed by atoms with E-state index in [1.165, 1.54) is 0 Å². The van der Waals surface area contributed by atoms with Gasteiger partial charge in [-0.1, -0.05) is 67.9 Å². The van der Waals surface area contributed by atoms with Crippen molar-refractivity contribution in [3.8, 4) is 0 Å². The highest BCUT2D eigenvalue weighted by atomic mass is 35.5. The summed E-state index contributed by atoms with van der Waals surface area (Å²) in [6.45, 7) is 4.27. The maximum atomic E-state index is 12.5. The standard InChI is InChI=1S/C19H23ClN2O.ClH/c1-19(2,12-14-7-6-10-16(20)11-14)18(23)22-13-17(21)15-8-4-3-5-9-15;/h3-11,17H,12-13,21H2,1-2H3,(H,22,23);1H. The van der Waals surface area contributed by atoms with Crippen LogP contribution in [0.3, 0.4) is 0 Å². The average molecular weight is 367 g/mol. The van der Waals surface area contributed by atoms with E-state index in [9.17, 15) is 4.79 Å². The van der Waals surface area contributed by atoms with Crippen molar-refractivity contribution in [2.24, 2.45) is 11.1 Å². The Morgan fingerprint density at radius 1 is 1.17 bits per heavy atom. The van der Waals surface area contributed by atoms with E-state index in [-0.39, 0.29) is 24.4 Å². The molecule has 0 spiro atoms. The maximum absolute atomic E-state index is 12.5. The Bertz CT molecular complexity index is 659. The first-order chi connectivity index (χ1) is 10.9. The lowest BCUT2D eigenvalue weighted by Gasteiger charge is -2.25. The molecule has 24 heavy (non-hydrogen) atoms. The van der Waals surface area contributed by atoms with E-state index >= 15 is 0 Å². The topological polar surface area (TPSA) is 55.1 Å². The minimum Gasteiger partial charge on any atom is -0.354 e. The Labute approximate surface area is 155 Å². The van der Waals surface area contributed by atoms with Gasteiger partial charge in [0.05, 0.1) is 0 Å². The van der Waals surface area contributed by atoms with Gasteiger partial charge in [-0.25, -0.2) is 0 Å². The Morgan fingerprint density at radius 3 is 2.46 bits per heavy atom. The molecule has 130 valence electrons. The molecule has 1 amide bonds. The number of hydrogen-bond donors (Lipinski definition) is 2. The number of carbonyl (C=O) groups excluding carboxylic acids is 1. The van der Waals surface area contributed by atoms with Gasteiger partial charge in [0.1, 0.15) is 0 Å². The predicted octanol–water partition coefficient (Wildman–Crippen LogP) is 4.15. The molecule has 2 aromatic rings. The second kappa shape index (κ2) is 9.07. The summed E-state index contributed by atoms with van der Waals surface area (Å²) in [5, 5.41) is 3.64. The second-order valence-electron chi connectivity index (χ2n) is 6.42. The number of amides is 1. The van der Waals surface area contributed by atoms with Crippen molar-refractivity contribution in [3.05, 3.63) is 70.7 Å². The summed E-state index contributed by atoms with van der Waals surface area (Å²) < 4.78 is 0. The van der Waals surface area contributed by atoms with Crippen LogP contribution in [0.2, 0.25) is 5.02 Å². The molecule has 0 aliphatic rings. The lowest BCUT2D eigenvalue weighted by Crippen LogP contribution is -2.41. The predicted molar refractivity (Wildman–Crippen MR) is 103 cm³/mol. The van der Waals surface area contributed by atoms with Crippen LogP contribution in [0.15, 0.2) is 54.6 Å². The Balaban J connectivity index is 0.00000288. The van der Waals surface area contributed by atoms with Gasteiger partial charge in [-0.15, -0.1) is 12.4 Å². The molecule has 0 saturated carbocycles. The zero-order valence-corrected chi connectivity index (χ0v) is 15.5. The number of hydrogen-bond acceptors (Lipinski definition) is 2. The monoisotopic (exact) mass is 366 g/mol. The fourth-order valence-electron chi connectivity index (χ4n) is 2.50. The molecule has 2 rings (SSSR count). The van der Waals surface area contributed by atoms with Gasteiger partial charge < -0.3 is 11.1 Å². The van der Waals surface area contributed by atoms with Crippen LogP contribution in [0.4, 0.5) is 0 Å². The Morgan fingerprint density at radius 2 is 1.83 bits per heavy atom. The number of halogens is 2. The van der Waals surface area contributed by atoms with Gasteiger partial charge >= 0.3 is 0 Å². The van der Waals surface area contributed by atoms with Crippen LogP contribution in [-0.4, -0.2) is 12.5 Å². The first-order valence-corrected chi connectivity index (χ1v) is 8.09. The van der Waals surface area contributed by atoms with Crippen LogP contribution in [0, 0.1) is 5.41 Å². The third-order valence-electron chi connectivity index (χ3n) is 3.86. The van der Waals surface area contributed by atoms with Crippen molar-refractivity contribution < 1.29 is 4.79 Å². The first kappa shape index (κ1) is 20.5. The zero-order chi connectivity index (χ0) is 16.9. The summed E-state index contributed by atoms with van der Waals surface area (Å²) in [4.78, 5) is 12.5. The van der Waals surface area contributed by atoms with Gasteiger partial charge in [0.25, 0.3) is 0 Å². The fraction of sp³-hybridized carbons (Fsp3) is 0.316. The van der Waals surface area contributed by atoms with Crippen molar-refractivity contribution in [1.82, 2.24) is 5.32 Å². The molecule has 1 unspecified atom stereocenters. The molecule has 5 heteroatoms. The first-order valence-electron chi connectivity index (χ1n) is 7.72. The summed E-state index contributed by atoms with van der Waals surface area (Å²) >= 11 is 6.01. The summed E-state index contributed by atoms with van der Waals surface area (Å²) in [5.41, 5.74) is 7.66. The van der Waals surface area contributed by atoms with E-state index in [1.54, 1.807) is 0 Å². The fourth-order valence-corrected chi connectivity index (χ4v) is 2.71. The molecule has 0 heterocycles. The van der Waals surface area contributed by atoms with Gasteiger partial charge in [-0.3, -0.25) is 4.79 Å². The van der Waals surface area contributed by atoms with Gasteiger partial charge in [0.2, 0.25) is 5.91 Å². The molecule has 3 nitrogen and oxygen atoms in total. The van der Waals surface area contributed by atoms with E-state index in [4.69, 9.17) is 17.3 Å². The van der Waals surface area contributed by atoms with Crippen molar-refractivity contribution in [1.29, 1.82) is 0 Å². The maximum Gasteiger partial charge on any atom is 0.226 e. The molecule has 2 aromatic carbocycles. The van der Waals surface area contributed by atoms with Crippen LogP contribution in [0.1, 0.15) is 31.0 Å². The highest BCUT2D eigenvalue weighted by molar-refractivity contribution is 6.30. The molecular weight excluding hydrogens is 343 g/mol. The number of rotatable bonds is 6. The quantitative estimate of drug-likeness (QED) is 0.806. The molecule has 0 aliphatic carbocycles. The molecule has 1 atom stereocenters. The normalized spacial score (nSPS) is 12.2. The summed E-state index contributed by atoms with van der Waals surface area (Å²) in [6, 6.07) is 17.2. The molecule has 3 N–H and O–H groups in total. The largest absolute Gasteiger partial charge is 0.354 e. The number of carbonyl (C=O) groups is 1. The highest BCUT2D eigenvalue weighted by Gasteiger charge is 2.28. The van der Waals surface area contributed by atoms with Crippen molar-refractivity contribution in [2.75, 3.05) is 6.54 Å². The minimum absolute atomic E-state index is 0. The van der Waals surface area contributed by atoms with Crippen LogP contribution < -0.4 is 11.1 Å². The van der Waals surface area contributed by atoms with Gasteiger partial charge in [-0.05, 0) is 29.7 Å². The van der Waals surface area contributed by atoms with E-state index in [0.29, 0.717) is 18.0 Å². The van der Waals surface area contributed by atoms with Crippen molar-refractivity contribution >= 4 is 29.9 Å². The van der Waals surface area contributed by atoms with Crippen LogP contribution in [-0.2, 0) is 11.2 Å². The summed E-state index contributed by atoms with van der Waals surface area (Å²) in [5.74, 6) is -0.0103. The molecule has 0 bridgehead atoms. The van der Waals surface area contributed by atoms with E-state index in [0.717, 1.165) is 11.1 Å². The minimum atomic E-state index is -0.527. The second-order valence-corrected chi connectivity index (χ2v) is 6.85. The average Bonchev–Trinajstić information content (AvgIpc) is 2.52. The molecule has 0 aromatic heterocycles. The van der Waals surface area contributed by atoms with Gasteiger partial charge in [0.15, 0.2) is 0 Å². The molecular formula is C19H24Cl2N2O. The van der Waals surface area contributed by atoms with Crippen LogP contribution >= 0.6 is 24.0 Å². The van der Waals surface area contributed by atoms with E-state index < -0.39 is 5.41 Å². The number of nitrogens with one attached hydrogen (secondary N) is 1. The zero-order valence-electron chi connectivity index (χ0n) is 14.0. The van der Waals surface area contributed by atoms with Crippen LogP contribution in [0.5, 0.6) is 0 Å². The van der Waals surface area contributed by atoms with Crippen LogP contribution in [0.25, 0.3) is 0 Å². The lowest BCUT2D eigenvalue weighted by atomic mass is 9.84. The van der Waals surface area contributed by atoms with Crippen molar-refractivity contribution in [3.63, 3.8) is 0 Å². The van der Waals surface area contributed by atoms with E-state index in [2.05, 4.69) is 5.32 Å². The SMILES string of the molecule is CC(C)(Cc1cccc(Cl)c1)C(=O)NCC(N)c1ccccc1.Cl. The number of benzene rings is 2. The molecule has 0 aliphatic heterocycles. The Kier molecular flexibility index (Phi) is 7.74. The smallest absolute Gasteiger partial charge is 0.226 e. The summed E-state index contributed by atoms with van der Waals surface area (Å²) in [6.07, 6.45) is 0.625. The Hall–Kier alpha value is -1.55. The van der Waals surface area contributed by atoms with Crippen molar-refractivity contribution in [2.45, 2.75) is 26.3 Å². The number of nitrogens with two attached hydrogens (primary N) is 1. The molecule has 0 saturated heterocycles.